The largest absolute Gasteiger partial charge is 0.319 e. The molecule has 0 radical (unpaired) electrons. The average molecular weight is 298 g/mol. The molecule has 0 atom stereocenters. The van der Waals surface area contributed by atoms with Crippen LogP contribution in [0.2, 0.25) is 5.15 Å². The number of aryl methyl sites for hydroxylation is 1. The smallest absolute Gasteiger partial charge is 0.274 e. The second-order valence-corrected chi connectivity index (χ2v) is 4.99. The number of rotatable bonds is 2. The van der Waals surface area contributed by atoms with Crippen LogP contribution in [0.25, 0.3) is 10.8 Å². The molecule has 2 aromatic heterocycles. The highest BCUT2D eigenvalue weighted by Gasteiger charge is 2.13. The summed E-state index contributed by atoms with van der Waals surface area (Å²) in [5, 5.41) is 5.01. The molecule has 1 aromatic carbocycles. The van der Waals surface area contributed by atoms with E-state index in [-0.39, 0.29) is 5.91 Å². The van der Waals surface area contributed by atoms with Crippen molar-refractivity contribution in [2.24, 2.45) is 0 Å². The Morgan fingerprint density at radius 2 is 1.95 bits per heavy atom. The van der Waals surface area contributed by atoms with Crippen LogP contribution in [0.1, 0.15) is 16.2 Å². The molecule has 1 N–H and O–H groups in total. The van der Waals surface area contributed by atoms with Gasteiger partial charge in [-0.05, 0) is 30.5 Å². The number of pyridine rings is 2. The standard InChI is InChI=1S/C16H12ClN3O/c1-10-13(6-7-14(17)19-10)20-16(21)15-12-5-3-2-4-11(12)8-9-18-15/h2-9H,1H3,(H,20,21). The Morgan fingerprint density at radius 3 is 2.76 bits per heavy atom. The Balaban J connectivity index is 1.97. The second kappa shape index (κ2) is 5.50. The number of hydrogen-bond donors (Lipinski definition) is 1. The summed E-state index contributed by atoms with van der Waals surface area (Å²) in [5.74, 6) is -0.265. The number of halogens is 1. The van der Waals surface area contributed by atoms with Gasteiger partial charge in [-0.15, -0.1) is 0 Å². The van der Waals surface area contributed by atoms with E-state index in [1.807, 2.05) is 30.3 Å². The van der Waals surface area contributed by atoms with Gasteiger partial charge in [0.2, 0.25) is 0 Å². The quantitative estimate of drug-likeness (QED) is 0.731. The van der Waals surface area contributed by atoms with Crippen LogP contribution in [0.5, 0.6) is 0 Å². The van der Waals surface area contributed by atoms with Gasteiger partial charge < -0.3 is 5.32 Å². The number of amides is 1. The molecular formula is C16H12ClN3O. The van der Waals surface area contributed by atoms with E-state index in [0.717, 1.165) is 10.8 Å². The first-order valence-corrected chi connectivity index (χ1v) is 6.81. The van der Waals surface area contributed by atoms with Crippen LogP contribution in [-0.2, 0) is 0 Å². The fraction of sp³-hybridized carbons (Fsp3) is 0.0625. The molecule has 0 fully saturated rings. The molecule has 0 saturated heterocycles. The van der Waals surface area contributed by atoms with Crippen LogP contribution in [0.15, 0.2) is 48.7 Å². The topological polar surface area (TPSA) is 54.9 Å². The molecule has 104 valence electrons. The maximum Gasteiger partial charge on any atom is 0.274 e. The monoisotopic (exact) mass is 297 g/mol. The summed E-state index contributed by atoms with van der Waals surface area (Å²) in [4.78, 5) is 20.7. The lowest BCUT2D eigenvalue weighted by atomic mass is 10.1. The molecule has 3 aromatic rings. The van der Waals surface area contributed by atoms with Gasteiger partial charge in [-0.3, -0.25) is 9.78 Å². The van der Waals surface area contributed by atoms with Gasteiger partial charge in [0.15, 0.2) is 0 Å². The number of aromatic nitrogens is 2. The molecule has 0 unspecified atom stereocenters. The van der Waals surface area contributed by atoms with Crippen molar-refractivity contribution in [1.82, 2.24) is 9.97 Å². The minimum absolute atomic E-state index is 0.265. The van der Waals surface area contributed by atoms with Crippen LogP contribution >= 0.6 is 11.6 Å². The van der Waals surface area contributed by atoms with Gasteiger partial charge in [-0.25, -0.2) is 4.98 Å². The highest BCUT2D eigenvalue weighted by atomic mass is 35.5. The van der Waals surface area contributed by atoms with Crippen LogP contribution in [0.3, 0.4) is 0 Å². The predicted molar refractivity (Wildman–Crippen MR) is 83.7 cm³/mol. The zero-order valence-corrected chi connectivity index (χ0v) is 12.1. The summed E-state index contributed by atoms with van der Waals surface area (Å²) in [6, 6.07) is 12.9. The molecular weight excluding hydrogens is 286 g/mol. The van der Waals surface area contributed by atoms with Crippen molar-refractivity contribution >= 4 is 34.0 Å². The molecule has 0 saturated carbocycles. The average Bonchev–Trinajstić information content (AvgIpc) is 2.49. The first-order valence-electron chi connectivity index (χ1n) is 6.43. The van der Waals surface area contributed by atoms with Gasteiger partial charge in [0.05, 0.1) is 11.4 Å². The highest BCUT2D eigenvalue weighted by Crippen LogP contribution is 2.20. The van der Waals surface area contributed by atoms with Gasteiger partial charge in [-0.2, -0.15) is 0 Å². The van der Waals surface area contributed by atoms with Crippen molar-refractivity contribution in [2.45, 2.75) is 6.92 Å². The van der Waals surface area contributed by atoms with Gasteiger partial charge in [-0.1, -0.05) is 35.9 Å². The third-order valence-corrected chi connectivity index (χ3v) is 3.40. The van der Waals surface area contributed by atoms with Crippen molar-refractivity contribution in [1.29, 1.82) is 0 Å². The summed E-state index contributed by atoms with van der Waals surface area (Å²) in [5.41, 5.74) is 1.68. The summed E-state index contributed by atoms with van der Waals surface area (Å²) < 4.78 is 0. The van der Waals surface area contributed by atoms with Crippen LogP contribution in [0.4, 0.5) is 5.69 Å². The van der Waals surface area contributed by atoms with E-state index >= 15 is 0 Å². The molecule has 2 heterocycles. The molecule has 0 spiro atoms. The summed E-state index contributed by atoms with van der Waals surface area (Å²) in [7, 11) is 0. The van der Waals surface area contributed by atoms with E-state index in [4.69, 9.17) is 11.6 Å². The summed E-state index contributed by atoms with van der Waals surface area (Å²) in [6.45, 7) is 1.79. The number of nitrogens with zero attached hydrogens (tertiary/aromatic N) is 2. The lowest BCUT2D eigenvalue weighted by molar-refractivity contribution is 0.102. The number of nitrogens with one attached hydrogen (secondary N) is 1. The highest BCUT2D eigenvalue weighted by molar-refractivity contribution is 6.29. The van der Waals surface area contributed by atoms with Crippen molar-refractivity contribution in [3.8, 4) is 0 Å². The summed E-state index contributed by atoms with van der Waals surface area (Å²) in [6.07, 6.45) is 1.63. The molecule has 4 nitrogen and oxygen atoms in total. The maximum atomic E-state index is 12.4. The fourth-order valence-corrected chi connectivity index (χ4v) is 2.33. The zero-order valence-electron chi connectivity index (χ0n) is 11.3. The third-order valence-electron chi connectivity index (χ3n) is 3.19. The molecule has 0 aliphatic rings. The number of carbonyl (C=O) groups is 1. The number of anilines is 1. The van der Waals surface area contributed by atoms with Crippen molar-refractivity contribution < 1.29 is 4.79 Å². The fourth-order valence-electron chi connectivity index (χ4n) is 2.14. The van der Waals surface area contributed by atoms with Gasteiger partial charge >= 0.3 is 0 Å². The zero-order chi connectivity index (χ0) is 14.8. The SMILES string of the molecule is Cc1nc(Cl)ccc1NC(=O)c1nccc2ccccc12. The minimum Gasteiger partial charge on any atom is -0.319 e. The van der Waals surface area contributed by atoms with E-state index in [2.05, 4.69) is 15.3 Å². The Labute approximate surface area is 126 Å². The Hall–Kier alpha value is -2.46. The number of fused-ring (bicyclic) bond motifs is 1. The van der Waals surface area contributed by atoms with Crippen LogP contribution in [-0.4, -0.2) is 15.9 Å². The van der Waals surface area contributed by atoms with Gasteiger partial charge in [0.25, 0.3) is 5.91 Å². The minimum atomic E-state index is -0.265. The summed E-state index contributed by atoms with van der Waals surface area (Å²) >= 11 is 5.81. The van der Waals surface area contributed by atoms with E-state index in [1.165, 1.54) is 0 Å². The Bertz CT molecular complexity index is 827. The lowest BCUT2D eigenvalue weighted by Crippen LogP contribution is -2.15. The van der Waals surface area contributed by atoms with Crippen LogP contribution in [0, 0.1) is 6.92 Å². The van der Waals surface area contributed by atoms with Crippen molar-refractivity contribution in [3.63, 3.8) is 0 Å². The van der Waals surface area contributed by atoms with E-state index in [9.17, 15) is 4.79 Å². The number of carbonyl (C=O) groups excluding carboxylic acids is 1. The lowest BCUT2D eigenvalue weighted by Gasteiger charge is -2.09. The van der Waals surface area contributed by atoms with Gasteiger partial charge in [0, 0.05) is 11.6 Å². The first-order chi connectivity index (χ1) is 10.1. The third kappa shape index (κ3) is 2.71. The molecule has 0 aliphatic carbocycles. The molecule has 21 heavy (non-hydrogen) atoms. The Morgan fingerprint density at radius 1 is 1.14 bits per heavy atom. The molecule has 3 rings (SSSR count). The number of benzene rings is 1. The second-order valence-electron chi connectivity index (χ2n) is 4.60. The van der Waals surface area contributed by atoms with Crippen molar-refractivity contribution in [2.75, 3.05) is 5.32 Å². The van der Waals surface area contributed by atoms with Crippen LogP contribution < -0.4 is 5.32 Å². The molecule has 1 amide bonds. The van der Waals surface area contributed by atoms with E-state index in [1.54, 1.807) is 25.3 Å². The number of hydrogen-bond acceptors (Lipinski definition) is 3. The van der Waals surface area contributed by atoms with E-state index < -0.39 is 0 Å². The molecule has 5 heteroatoms. The first kappa shape index (κ1) is 13.5. The van der Waals surface area contributed by atoms with E-state index in [0.29, 0.717) is 22.2 Å². The predicted octanol–water partition coefficient (Wildman–Crippen LogP) is 3.84. The maximum absolute atomic E-state index is 12.4. The van der Waals surface area contributed by atoms with Gasteiger partial charge in [0.1, 0.15) is 10.8 Å². The molecule has 0 bridgehead atoms. The Kier molecular flexibility index (Phi) is 3.54. The van der Waals surface area contributed by atoms with Crippen molar-refractivity contribution in [3.05, 3.63) is 65.2 Å². The normalized spacial score (nSPS) is 10.6. The molecule has 0 aliphatic heterocycles.